The SMILES string of the molecule is c1ccc(-c2cc(-c3cccc(-c4ccccc4)c3-n3c4ccccc4c4ccccc43)nc(-c3cccc(-c4ccccc4)c3-n3c4ccccc4c4ccccc43)n2)cc1. The summed E-state index contributed by atoms with van der Waals surface area (Å²) in [6.45, 7) is 0. The molecule has 290 valence electrons. The van der Waals surface area contributed by atoms with E-state index in [1.165, 1.54) is 21.5 Å². The van der Waals surface area contributed by atoms with E-state index in [0.717, 1.165) is 83.8 Å². The van der Waals surface area contributed by atoms with Gasteiger partial charge < -0.3 is 9.13 Å². The van der Waals surface area contributed by atoms with E-state index in [4.69, 9.17) is 9.97 Å². The zero-order valence-corrected chi connectivity index (χ0v) is 33.7. The van der Waals surface area contributed by atoms with Crippen molar-refractivity contribution in [2.24, 2.45) is 0 Å². The van der Waals surface area contributed by atoms with Crippen LogP contribution in [0.2, 0.25) is 0 Å². The largest absolute Gasteiger partial charge is 0.308 e. The Balaban J connectivity index is 1.21. The van der Waals surface area contributed by atoms with Crippen molar-refractivity contribution in [3.8, 4) is 67.5 Å². The standard InChI is InChI=1S/C58H38N4/c1-4-20-39(21-5-1)42-30-18-32-48(56(42)61-52-34-14-10-26-44(52)45-27-11-15-35-53(45)61)51-38-50(41-24-8-3-9-25-41)59-58(60-51)49-33-19-31-43(40-22-6-2-7-23-40)57(49)62-54-36-16-12-28-46(54)47-29-13-17-37-55(47)62/h1-38H. The molecular formula is C58H38N4. The minimum Gasteiger partial charge on any atom is -0.308 e. The van der Waals surface area contributed by atoms with Gasteiger partial charge in [0.15, 0.2) is 5.82 Å². The van der Waals surface area contributed by atoms with Gasteiger partial charge in [-0.2, -0.15) is 0 Å². The van der Waals surface area contributed by atoms with Gasteiger partial charge in [0, 0.05) is 49.4 Å². The monoisotopic (exact) mass is 790 g/mol. The summed E-state index contributed by atoms with van der Waals surface area (Å²) in [6, 6.07) is 82.1. The second kappa shape index (κ2) is 14.7. The summed E-state index contributed by atoms with van der Waals surface area (Å²) in [4.78, 5) is 11.2. The Bertz CT molecular complexity index is 3300. The molecule has 9 aromatic carbocycles. The molecule has 12 aromatic rings. The Hall–Kier alpha value is -8.34. The van der Waals surface area contributed by atoms with Gasteiger partial charge in [-0.3, -0.25) is 0 Å². The Morgan fingerprint density at radius 3 is 1.05 bits per heavy atom. The van der Waals surface area contributed by atoms with Gasteiger partial charge in [-0.15, -0.1) is 0 Å². The van der Waals surface area contributed by atoms with E-state index in [1.54, 1.807) is 0 Å². The third-order valence-corrected chi connectivity index (χ3v) is 12.2. The van der Waals surface area contributed by atoms with Crippen LogP contribution in [0, 0.1) is 0 Å². The number of hydrogen-bond donors (Lipinski definition) is 0. The summed E-state index contributed by atoms with van der Waals surface area (Å²) < 4.78 is 4.85. The molecular weight excluding hydrogens is 753 g/mol. The lowest BCUT2D eigenvalue weighted by molar-refractivity contribution is 1.13. The highest BCUT2D eigenvalue weighted by Gasteiger charge is 2.24. The number of para-hydroxylation sites is 6. The first-order valence-electron chi connectivity index (χ1n) is 21.1. The number of hydrogen-bond acceptors (Lipinski definition) is 2. The van der Waals surface area contributed by atoms with Crippen LogP contribution in [-0.4, -0.2) is 19.1 Å². The zero-order chi connectivity index (χ0) is 41.0. The van der Waals surface area contributed by atoms with Crippen molar-refractivity contribution in [3.05, 3.63) is 231 Å². The molecule has 0 bridgehead atoms. The second-order valence-electron chi connectivity index (χ2n) is 15.7. The topological polar surface area (TPSA) is 35.6 Å². The Labute approximate surface area is 359 Å². The van der Waals surface area contributed by atoms with Crippen molar-refractivity contribution in [1.29, 1.82) is 0 Å². The lowest BCUT2D eigenvalue weighted by atomic mass is 9.96. The van der Waals surface area contributed by atoms with Crippen molar-refractivity contribution >= 4 is 43.6 Å². The molecule has 3 heterocycles. The van der Waals surface area contributed by atoms with Crippen LogP contribution in [0.4, 0.5) is 0 Å². The lowest BCUT2D eigenvalue weighted by Gasteiger charge is -2.21. The maximum absolute atomic E-state index is 5.69. The number of benzene rings is 9. The molecule has 4 nitrogen and oxygen atoms in total. The summed E-state index contributed by atoms with van der Waals surface area (Å²) in [7, 11) is 0. The molecule has 0 radical (unpaired) electrons. The highest BCUT2D eigenvalue weighted by Crippen LogP contribution is 2.44. The van der Waals surface area contributed by atoms with Gasteiger partial charge in [0.1, 0.15) is 0 Å². The van der Waals surface area contributed by atoms with Crippen LogP contribution in [0.25, 0.3) is 111 Å². The molecule has 0 aliphatic carbocycles. The molecule has 0 unspecified atom stereocenters. The fraction of sp³-hybridized carbons (Fsp3) is 0. The number of nitrogens with zero attached hydrogens (tertiary/aromatic N) is 4. The van der Waals surface area contributed by atoms with Crippen molar-refractivity contribution in [2.45, 2.75) is 0 Å². The minimum atomic E-state index is 0.647. The Morgan fingerprint density at radius 2 is 0.597 bits per heavy atom. The average molecular weight is 791 g/mol. The van der Waals surface area contributed by atoms with Crippen LogP contribution < -0.4 is 0 Å². The predicted octanol–water partition coefficient (Wildman–Crippen LogP) is 15.0. The normalized spacial score (nSPS) is 11.5. The van der Waals surface area contributed by atoms with Gasteiger partial charge >= 0.3 is 0 Å². The summed E-state index contributed by atoms with van der Waals surface area (Å²) in [6.07, 6.45) is 0. The molecule has 0 N–H and O–H groups in total. The van der Waals surface area contributed by atoms with Crippen LogP contribution in [0.15, 0.2) is 231 Å². The minimum absolute atomic E-state index is 0.647. The fourth-order valence-electron chi connectivity index (χ4n) is 9.45. The Kier molecular flexibility index (Phi) is 8.46. The number of rotatable bonds is 7. The molecule has 0 fully saturated rings. The van der Waals surface area contributed by atoms with Gasteiger partial charge in [0.05, 0.1) is 44.8 Å². The predicted molar refractivity (Wildman–Crippen MR) is 258 cm³/mol. The van der Waals surface area contributed by atoms with E-state index < -0.39 is 0 Å². The van der Waals surface area contributed by atoms with Gasteiger partial charge in [0.2, 0.25) is 0 Å². The summed E-state index contributed by atoms with van der Waals surface area (Å²) in [5.74, 6) is 0.647. The molecule has 62 heavy (non-hydrogen) atoms. The van der Waals surface area contributed by atoms with E-state index in [-0.39, 0.29) is 0 Å². The smallest absolute Gasteiger partial charge is 0.162 e. The van der Waals surface area contributed by atoms with Crippen LogP contribution in [0.3, 0.4) is 0 Å². The molecule has 0 spiro atoms. The molecule has 12 rings (SSSR count). The molecule has 0 amide bonds. The molecule has 0 aliphatic heterocycles. The van der Waals surface area contributed by atoms with Crippen LogP contribution in [-0.2, 0) is 0 Å². The first-order chi connectivity index (χ1) is 30.8. The number of aromatic nitrogens is 4. The maximum atomic E-state index is 5.69. The molecule has 0 aliphatic rings. The van der Waals surface area contributed by atoms with E-state index in [2.05, 4.69) is 240 Å². The van der Waals surface area contributed by atoms with Crippen LogP contribution >= 0.6 is 0 Å². The van der Waals surface area contributed by atoms with Crippen LogP contribution in [0.5, 0.6) is 0 Å². The lowest BCUT2D eigenvalue weighted by Crippen LogP contribution is -2.05. The molecule has 4 heteroatoms. The summed E-state index contributed by atoms with van der Waals surface area (Å²) in [5, 5.41) is 4.81. The molecule has 0 atom stereocenters. The van der Waals surface area contributed by atoms with E-state index in [9.17, 15) is 0 Å². The van der Waals surface area contributed by atoms with Crippen LogP contribution in [0.1, 0.15) is 0 Å². The first kappa shape index (κ1) is 35.6. The summed E-state index contributed by atoms with van der Waals surface area (Å²) >= 11 is 0. The molecule has 0 saturated carbocycles. The van der Waals surface area contributed by atoms with Gasteiger partial charge in [-0.05, 0) is 47.5 Å². The zero-order valence-electron chi connectivity index (χ0n) is 33.7. The van der Waals surface area contributed by atoms with Gasteiger partial charge in [-0.1, -0.05) is 194 Å². The third-order valence-electron chi connectivity index (χ3n) is 12.2. The fourth-order valence-corrected chi connectivity index (χ4v) is 9.45. The molecule has 3 aromatic heterocycles. The van der Waals surface area contributed by atoms with Crippen molar-refractivity contribution in [2.75, 3.05) is 0 Å². The van der Waals surface area contributed by atoms with Crippen molar-refractivity contribution in [1.82, 2.24) is 19.1 Å². The highest BCUT2D eigenvalue weighted by atomic mass is 15.0. The quantitative estimate of drug-likeness (QED) is 0.161. The molecule has 0 saturated heterocycles. The number of fused-ring (bicyclic) bond motifs is 6. The first-order valence-corrected chi connectivity index (χ1v) is 21.1. The van der Waals surface area contributed by atoms with Gasteiger partial charge in [-0.25, -0.2) is 9.97 Å². The van der Waals surface area contributed by atoms with E-state index in [0.29, 0.717) is 5.82 Å². The maximum Gasteiger partial charge on any atom is 0.162 e. The average Bonchev–Trinajstić information content (AvgIpc) is 3.87. The second-order valence-corrected chi connectivity index (χ2v) is 15.7. The van der Waals surface area contributed by atoms with Crippen molar-refractivity contribution in [3.63, 3.8) is 0 Å². The third kappa shape index (κ3) is 5.76. The van der Waals surface area contributed by atoms with Gasteiger partial charge in [0.25, 0.3) is 0 Å². The van der Waals surface area contributed by atoms with Crippen molar-refractivity contribution < 1.29 is 0 Å². The Morgan fingerprint density at radius 1 is 0.258 bits per heavy atom. The van der Waals surface area contributed by atoms with E-state index in [1.807, 2.05) is 0 Å². The summed E-state index contributed by atoms with van der Waals surface area (Å²) in [5.41, 5.74) is 15.8. The van der Waals surface area contributed by atoms with E-state index >= 15 is 0 Å². The highest BCUT2D eigenvalue weighted by molar-refractivity contribution is 6.12.